The fourth-order valence-corrected chi connectivity index (χ4v) is 1.59. The number of nitrogens with zero attached hydrogens (tertiary/aromatic N) is 2. The zero-order valence-corrected chi connectivity index (χ0v) is 10.1. The molecule has 4 nitrogen and oxygen atoms in total. The maximum absolute atomic E-state index is 13.0. The van der Waals surface area contributed by atoms with Gasteiger partial charge in [-0.2, -0.15) is 0 Å². The summed E-state index contributed by atoms with van der Waals surface area (Å²) in [6.07, 6.45) is 0. The summed E-state index contributed by atoms with van der Waals surface area (Å²) in [5, 5.41) is 7.69. The number of benzene rings is 2. The fraction of sp³-hybridized carbons (Fsp3) is 0. The lowest BCUT2D eigenvalue weighted by Crippen LogP contribution is -2.22. The first-order valence-corrected chi connectivity index (χ1v) is 5.65. The van der Waals surface area contributed by atoms with Crippen molar-refractivity contribution in [2.45, 2.75) is 0 Å². The van der Waals surface area contributed by atoms with Gasteiger partial charge in [-0.25, -0.2) is 4.39 Å². The Kier molecular flexibility index (Phi) is 3.87. The van der Waals surface area contributed by atoms with Crippen LogP contribution in [0.1, 0.15) is 11.1 Å². The molecule has 19 heavy (non-hydrogen) atoms. The Morgan fingerprint density at radius 1 is 0.789 bits per heavy atom. The third-order valence-corrected chi connectivity index (χ3v) is 2.43. The van der Waals surface area contributed by atoms with Gasteiger partial charge in [-0.3, -0.25) is 0 Å². The predicted molar refractivity (Wildman–Crippen MR) is 74.3 cm³/mol. The monoisotopic (exact) mass is 256 g/mol. The second-order valence-corrected chi connectivity index (χ2v) is 3.85. The van der Waals surface area contributed by atoms with E-state index >= 15 is 0 Å². The Morgan fingerprint density at radius 3 is 1.95 bits per heavy atom. The molecule has 0 saturated carbocycles. The maximum Gasteiger partial charge on any atom is 0.211 e. The fourth-order valence-electron chi connectivity index (χ4n) is 1.59. The minimum atomic E-state index is -0.307. The second kappa shape index (κ2) is 5.77. The van der Waals surface area contributed by atoms with Gasteiger partial charge in [0.2, 0.25) is 5.96 Å². The highest BCUT2D eigenvalue weighted by molar-refractivity contribution is 6.12. The summed E-state index contributed by atoms with van der Waals surface area (Å²) < 4.78 is 13.0. The first-order chi connectivity index (χ1) is 9.16. The van der Waals surface area contributed by atoms with Crippen LogP contribution in [0.15, 0.2) is 64.8 Å². The highest BCUT2D eigenvalue weighted by Crippen LogP contribution is 2.12. The van der Waals surface area contributed by atoms with E-state index in [1.54, 1.807) is 12.1 Å². The lowest BCUT2D eigenvalue weighted by atomic mass is 10.0. The molecule has 0 amide bonds. The van der Waals surface area contributed by atoms with E-state index < -0.39 is 0 Å². The molecule has 0 radical (unpaired) electrons. The molecule has 0 bridgehead atoms. The van der Waals surface area contributed by atoms with Crippen LogP contribution in [0.2, 0.25) is 0 Å². The number of rotatable bonds is 3. The average molecular weight is 256 g/mol. The van der Waals surface area contributed by atoms with Gasteiger partial charge < -0.3 is 11.5 Å². The maximum atomic E-state index is 13.0. The summed E-state index contributed by atoms with van der Waals surface area (Å²) >= 11 is 0. The summed E-state index contributed by atoms with van der Waals surface area (Å²) in [5.74, 6) is -0.437. The van der Waals surface area contributed by atoms with Crippen molar-refractivity contribution in [3.8, 4) is 0 Å². The Labute approximate surface area is 110 Å². The molecule has 0 heterocycles. The van der Waals surface area contributed by atoms with E-state index in [0.29, 0.717) is 5.71 Å². The summed E-state index contributed by atoms with van der Waals surface area (Å²) in [4.78, 5) is 0. The number of hydrogen-bond acceptors (Lipinski definition) is 2. The zero-order chi connectivity index (χ0) is 13.7. The van der Waals surface area contributed by atoms with Crippen molar-refractivity contribution in [2.75, 3.05) is 0 Å². The van der Waals surface area contributed by atoms with E-state index in [1.165, 1.54) is 12.1 Å². The third-order valence-electron chi connectivity index (χ3n) is 2.43. The topological polar surface area (TPSA) is 76.8 Å². The van der Waals surface area contributed by atoms with Gasteiger partial charge in [0.25, 0.3) is 0 Å². The van der Waals surface area contributed by atoms with Gasteiger partial charge in [0.1, 0.15) is 11.5 Å². The van der Waals surface area contributed by atoms with Crippen LogP contribution in [0.4, 0.5) is 4.39 Å². The largest absolute Gasteiger partial charge is 0.369 e. The van der Waals surface area contributed by atoms with Gasteiger partial charge >= 0.3 is 0 Å². The molecule has 2 aromatic carbocycles. The Bertz CT molecular complexity index is 599. The Balaban J connectivity index is 2.49. The molecule has 0 unspecified atom stereocenters. The highest BCUT2D eigenvalue weighted by atomic mass is 19.1. The number of guanidine groups is 1. The van der Waals surface area contributed by atoms with Crippen molar-refractivity contribution < 1.29 is 4.39 Å². The smallest absolute Gasteiger partial charge is 0.211 e. The van der Waals surface area contributed by atoms with E-state index in [4.69, 9.17) is 11.5 Å². The summed E-state index contributed by atoms with van der Waals surface area (Å²) in [6.45, 7) is 0. The van der Waals surface area contributed by atoms with Gasteiger partial charge in [-0.1, -0.05) is 30.3 Å². The van der Waals surface area contributed by atoms with Gasteiger partial charge in [-0.05, 0) is 24.3 Å². The molecule has 96 valence electrons. The van der Waals surface area contributed by atoms with Gasteiger partial charge in [0, 0.05) is 11.1 Å². The second-order valence-electron chi connectivity index (χ2n) is 3.85. The summed E-state index contributed by atoms with van der Waals surface area (Å²) in [6, 6.07) is 15.4. The Hall–Kier alpha value is -2.69. The predicted octanol–water partition coefficient (Wildman–Crippen LogP) is 1.85. The molecule has 0 aromatic heterocycles. The molecule has 2 aromatic rings. The lowest BCUT2D eigenvalue weighted by molar-refractivity contribution is 0.628. The molecule has 0 saturated heterocycles. The lowest BCUT2D eigenvalue weighted by Gasteiger charge is -2.05. The van der Waals surface area contributed by atoms with E-state index in [9.17, 15) is 4.39 Å². The minimum Gasteiger partial charge on any atom is -0.369 e. The average Bonchev–Trinajstić information content (AvgIpc) is 2.42. The standard InChI is InChI=1S/C14H13FN4/c15-12-8-6-11(7-9-12)13(18-19-14(16)17)10-4-2-1-3-5-10/h1-9H,(H4,16,17,19)/b18-13-. The van der Waals surface area contributed by atoms with E-state index in [0.717, 1.165) is 11.1 Å². The quantitative estimate of drug-likeness (QED) is 0.499. The molecule has 0 aliphatic rings. The van der Waals surface area contributed by atoms with Crippen LogP contribution in [-0.4, -0.2) is 11.7 Å². The van der Waals surface area contributed by atoms with Crippen LogP contribution in [-0.2, 0) is 0 Å². The first-order valence-electron chi connectivity index (χ1n) is 5.65. The van der Waals surface area contributed by atoms with Crippen molar-refractivity contribution in [1.29, 1.82) is 0 Å². The van der Waals surface area contributed by atoms with Crippen LogP contribution in [0.5, 0.6) is 0 Å². The summed E-state index contributed by atoms with van der Waals surface area (Å²) in [5.41, 5.74) is 12.7. The molecule has 0 spiro atoms. The third kappa shape index (κ3) is 3.38. The SMILES string of the molecule is NC(N)=N/N=C(/c1ccccc1)c1ccc(F)cc1. The summed E-state index contributed by atoms with van der Waals surface area (Å²) in [7, 11) is 0. The molecule has 5 heteroatoms. The van der Waals surface area contributed by atoms with Crippen LogP contribution in [0.3, 0.4) is 0 Å². The molecule has 4 N–H and O–H groups in total. The van der Waals surface area contributed by atoms with Crippen molar-refractivity contribution in [3.63, 3.8) is 0 Å². The molecule has 0 fully saturated rings. The van der Waals surface area contributed by atoms with E-state index in [2.05, 4.69) is 10.2 Å². The molecule has 2 rings (SSSR count). The van der Waals surface area contributed by atoms with E-state index in [1.807, 2.05) is 30.3 Å². The van der Waals surface area contributed by atoms with Crippen LogP contribution in [0, 0.1) is 5.82 Å². The van der Waals surface area contributed by atoms with Crippen LogP contribution >= 0.6 is 0 Å². The highest BCUT2D eigenvalue weighted by Gasteiger charge is 2.06. The van der Waals surface area contributed by atoms with Gasteiger partial charge in [0.05, 0.1) is 0 Å². The van der Waals surface area contributed by atoms with Crippen molar-refractivity contribution in [2.24, 2.45) is 21.7 Å². The van der Waals surface area contributed by atoms with Crippen LogP contribution in [0.25, 0.3) is 0 Å². The first kappa shape index (κ1) is 12.8. The zero-order valence-electron chi connectivity index (χ0n) is 10.1. The van der Waals surface area contributed by atoms with E-state index in [-0.39, 0.29) is 11.8 Å². The number of nitrogens with two attached hydrogens (primary N) is 2. The molecular weight excluding hydrogens is 243 g/mol. The van der Waals surface area contributed by atoms with Crippen molar-refractivity contribution >= 4 is 11.7 Å². The van der Waals surface area contributed by atoms with Crippen molar-refractivity contribution in [3.05, 3.63) is 71.5 Å². The normalized spacial score (nSPS) is 11.1. The molecule has 0 atom stereocenters. The number of halogens is 1. The Morgan fingerprint density at radius 2 is 1.37 bits per heavy atom. The molecule has 0 aliphatic heterocycles. The number of hydrogen-bond donors (Lipinski definition) is 2. The van der Waals surface area contributed by atoms with Gasteiger partial charge in [0.15, 0.2) is 0 Å². The molecular formula is C14H13FN4. The van der Waals surface area contributed by atoms with Crippen LogP contribution < -0.4 is 11.5 Å². The molecule has 0 aliphatic carbocycles. The van der Waals surface area contributed by atoms with Gasteiger partial charge in [-0.15, -0.1) is 10.2 Å². The van der Waals surface area contributed by atoms with Crippen molar-refractivity contribution in [1.82, 2.24) is 0 Å². The minimum absolute atomic E-state index is 0.129.